The summed E-state index contributed by atoms with van der Waals surface area (Å²) in [4.78, 5) is 0. The third-order valence-corrected chi connectivity index (χ3v) is 9.62. The Hall–Kier alpha value is -0.120. The molecular weight excluding hydrogens is 492 g/mol. The third-order valence-electron chi connectivity index (χ3n) is 9.62. The maximum Gasteiger partial charge on any atom is 0.0573 e. The van der Waals surface area contributed by atoms with Crippen LogP contribution in [0.3, 0.4) is 0 Å². The number of ether oxygens (including phenoxy) is 1. The predicted molar refractivity (Wildman–Crippen MR) is 177 cm³/mol. The molecule has 0 aromatic rings. The summed E-state index contributed by atoms with van der Waals surface area (Å²) in [6, 6.07) is 0. The van der Waals surface area contributed by atoms with E-state index in [4.69, 9.17) is 4.74 Å². The molecule has 2 aliphatic rings. The van der Waals surface area contributed by atoms with E-state index >= 15 is 0 Å². The molecular formula is C37H76O3. The highest BCUT2D eigenvalue weighted by Crippen LogP contribution is 2.43. The van der Waals surface area contributed by atoms with Crippen molar-refractivity contribution >= 4 is 0 Å². The Balaban J connectivity index is 0.000000619. The summed E-state index contributed by atoms with van der Waals surface area (Å²) >= 11 is 0. The molecule has 40 heavy (non-hydrogen) atoms. The molecule has 2 aliphatic carbocycles. The Kier molecular flexibility index (Phi) is 18.5. The van der Waals surface area contributed by atoms with Gasteiger partial charge < -0.3 is 14.9 Å². The molecule has 0 radical (unpaired) electrons. The molecule has 7 atom stereocenters. The number of hydrogen-bond acceptors (Lipinski definition) is 3. The van der Waals surface area contributed by atoms with E-state index in [2.05, 4.69) is 90.0 Å². The summed E-state index contributed by atoms with van der Waals surface area (Å²) in [6.07, 6.45) is 13.4. The van der Waals surface area contributed by atoms with Gasteiger partial charge >= 0.3 is 0 Å². The first kappa shape index (κ1) is 39.9. The van der Waals surface area contributed by atoms with Gasteiger partial charge in [0.1, 0.15) is 0 Å². The minimum absolute atomic E-state index is 0.0429. The van der Waals surface area contributed by atoms with Crippen molar-refractivity contribution in [3.63, 3.8) is 0 Å². The number of aliphatic hydroxyl groups excluding tert-OH is 2. The Bertz CT molecular complexity index is 621. The second-order valence-corrected chi connectivity index (χ2v) is 17.5. The van der Waals surface area contributed by atoms with Crippen LogP contribution in [0.25, 0.3) is 0 Å². The van der Waals surface area contributed by atoms with Gasteiger partial charge in [0.25, 0.3) is 0 Å². The molecule has 0 bridgehead atoms. The van der Waals surface area contributed by atoms with Crippen molar-refractivity contribution in [2.24, 2.45) is 51.8 Å². The number of rotatable bonds is 8. The second-order valence-electron chi connectivity index (χ2n) is 17.5. The molecule has 2 fully saturated rings. The van der Waals surface area contributed by atoms with E-state index in [9.17, 15) is 10.2 Å². The Morgan fingerprint density at radius 2 is 1.18 bits per heavy atom. The lowest BCUT2D eigenvalue weighted by Gasteiger charge is -2.41. The van der Waals surface area contributed by atoms with Gasteiger partial charge in [-0.3, -0.25) is 0 Å². The van der Waals surface area contributed by atoms with Gasteiger partial charge in [-0.25, -0.2) is 0 Å². The second kappa shape index (κ2) is 18.5. The third kappa shape index (κ3) is 18.4. The van der Waals surface area contributed by atoms with Gasteiger partial charge in [-0.15, -0.1) is 0 Å². The lowest BCUT2D eigenvalue weighted by atomic mass is 9.66. The highest BCUT2D eigenvalue weighted by atomic mass is 16.5. The van der Waals surface area contributed by atoms with Crippen molar-refractivity contribution in [3.8, 4) is 0 Å². The normalized spacial score (nSPS) is 28.7. The lowest BCUT2D eigenvalue weighted by Crippen LogP contribution is -2.37. The minimum atomic E-state index is -0.0686. The van der Waals surface area contributed by atoms with Gasteiger partial charge in [0, 0.05) is 13.7 Å². The van der Waals surface area contributed by atoms with Crippen LogP contribution in [0, 0.1) is 51.8 Å². The van der Waals surface area contributed by atoms with Crippen LogP contribution in [0.4, 0.5) is 0 Å². The van der Waals surface area contributed by atoms with Crippen LogP contribution in [0.2, 0.25) is 0 Å². The zero-order valence-corrected chi connectivity index (χ0v) is 29.9. The molecule has 2 N–H and O–H groups in total. The lowest BCUT2D eigenvalue weighted by molar-refractivity contribution is -0.0109. The molecule has 0 aromatic carbocycles. The van der Waals surface area contributed by atoms with E-state index in [1.54, 1.807) is 7.11 Å². The molecule has 3 heteroatoms. The Labute approximate surface area is 253 Å². The quantitative estimate of drug-likeness (QED) is 0.306. The van der Waals surface area contributed by atoms with Crippen LogP contribution >= 0.6 is 0 Å². The highest BCUT2D eigenvalue weighted by molar-refractivity contribution is 4.87. The van der Waals surface area contributed by atoms with Crippen LogP contribution in [-0.4, -0.2) is 36.1 Å². The highest BCUT2D eigenvalue weighted by Gasteiger charge is 2.37. The molecule has 3 nitrogen and oxygen atoms in total. The van der Waals surface area contributed by atoms with Gasteiger partial charge in [-0.2, -0.15) is 0 Å². The summed E-state index contributed by atoms with van der Waals surface area (Å²) in [6.45, 7) is 30.4. The van der Waals surface area contributed by atoms with Crippen LogP contribution in [0.5, 0.6) is 0 Å². The van der Waals surface area contributed by atoms with Crippen LogP contribution in [0.1, 0.15) is 161 Å². The molecule has 0 saturated heterocycles. The van der Waals surface area contributed by atoms with E-state index in [-0.39, 0.29) is 17.6 Å². The van der Waals surface area contributed by atoms with Crippen molar-refractivity contribution in [1.82, 2.24) is 0 Å². The first-order valence-electron chi connectivity index (χ1n) is 17.0. The molecule has 2 rings (SSSR count). The van der Waals surface area contributed by atoms with Crippen LogP contribution in [0.15, 0.2) is 0 Å². The molecule has 0 aromatic heterocycles. The first-order chi connectivity index (χ1) is 18.2. The monoisotopic (exact) mass is 569 g/mol. The number of hydrogen-bond donors (Lipinski definition) is 2. The van der Waals surface area contributed by atoms with Gasteiger partial charge in [-0.1, -0.05) is 96.4 Å². The minimum Gasteiger partial charge on any atom is -0.393 e. The van der Waals surface area contributed by atoms with Gasteiger partial charge in [0.2, 0.25) is 0 Å². The fourth-order valence-corrected chi connectivity index (χ4v) is 6.41. The fraction of sp³-hybridized carbons (Fsp3) is 1.00. The van der Waals surface area contributed by atoms with Gasteiger partial charge in [-0.05, 0) is 116 Å². The van der Waals surface area contributed by atoms with E-state index in [0.717, 1.165) is 37.2 Å². The molecule has 242 valence electrons. The van der Waals surface area contributed by atoms with Crippen LogP contribution < -0.4 is 0 Å². The standard InChI is InChI=1S/C16H32O.C15H30O.C6H14O/c1-15(2,3)10-9-12-7-8-14(17)13(11-12)16(4,5)6;1-11(2)13-7-6-12(10-14(13)16)8-9-15(3,4)5;1-4-6(2)5-7-3/h12-14,17H,7-11H2,1-6H3;11-14,16H,6-10H2,1-5H3;6H,4-5H2,1-3H3. The van der Waals surface area contributed by atoms with E-state index < -0.39 is 0 Å². The zero-order chi connectivity index (χ0) is 31.3. The summed E-state index contributed by atoms with van der Waals surface area (Å²) in [7, 11) is 1.74. The average Bonchev–Trinajstić information content (AvgIpc) is 2.81. The fourth-order valence-electron chi connectivity index (χ4n) is 6.41. The maximum atomic E-state index is 10.2. The molecule has 0 heterocycles. The van der Waals surface area contributed by atoms with Crippen molar-refractivity contribution in [1.29, 1.82) is 0 Å². The van der Waals surface area contributed by atoms with Gasteiger partial charge in [0.15, 0.2) is 0 Å². The van der Waals surface area contributed by atoms with Crippen molar-refractivity contribution in [2.75, 3.05) is 13.7 Å². The van der Waals surface area contributed by atoms with Crippen molar-refractivity contribution < 1.29 is 14.9 Å². The smallest absolute Gasteiger partial charge is 0.0573 e. The average molecular weight is 569 g/mol. The number of aliphatic hydroxyl groups is 2. The Morgan fingerprint density at radius 3 is 1.52 bits per heavy atom. The van der Waals surface area contributed by atoms with Crippen molar-refractivity contribution in [2.45, 2.75) is 173 Å². The predicted octanol–water partition coefficient (Wildman–Crippen LogP) is 10.6. The zero-order valence-electron chi connectivity index (χ0n) is 29.9. The van der Waals surface area contributed by atoms with E-state index in [0.29, 0.717) is 28.6 Å². The van der Waals surface area contributed by atoms with Crippen LogP contribution in [-0.2, 0) is 4.74 Å². The number of methoxy groups -OCH3 is 1. The summed E-state index contributed by atoms with van der Waals surface area (Å²) < 4.78 is 4.89. The molecule has 0 amide bonds. The summed E-state index contributed by atoms with van der Waals surface area (Å²) in [5, 5.41) is 20.3. The van der Waals surface area contributed by atoms with Gasteiger partial charge in [0.05, 0.1) is 12.2 Å². The first-order valence-corrected chi connectivity index (χ1v) is 17.0. The molecule has 7 unspecified atom stereocenters. The molecule has 0 spiro atoms. The van der Waals surface area contributed by atoms with E-state index in [1.165, 1.54) is 57.8 Å². The maximum absolute atomic E-state index is 10.2. The topological polar surface area (TPSA) is 49.7 Å². The summed E-state index contributed by atoms with van der Waals surface area (Å²) in [5.41, 5.74) is 1.15. The molecule has 2 saturated carbocycles. The largest absolute Gasteiger partial charge is 0.393 e. The van der Waals surface area contributed by atoms with E-state index in [1.807, 2.05) is 0 Å². The summed E-state index contributed by atoms with van der Waals surface area (Å²) in [5.74, 6) is 4.00. The Morgan fingerprint density at radius 1 is 0.700 bits per heavy atom. The SMILES string of the molecule is CC(C)(C)CCC1CCC(O)C(C(C)(C)C)C1.CC(C)C1CCC(CCC(C)(C)C)CC1O.CCC(C)COC. The van der Waals surface area contributed by atoms with Crippen molar-refractivity contribution in [3.05, 3.63) is 0 Å². The molecule has 0 aliphatic heterocycles.